The number of amides is 1. The van der Waals surface area contributed by atoms with Crippen molar-refractivity contribution in [3.63, 3.8) is 0 Å². The number of benzene rings is 2. The van der Waals surface area contributed by atoms with Crippen molar-refractivity contribution in [3.8, 4) is 11.4 Å². The third-order valence-electron chi connectivity index (χ3n) is 4.77. The Morgan fingerprint density at radius 1 is 1.15 bits per heavy atom. The molecule has 9 nitrogen and oxygen atoms in total. The Balaban J connectivity index is 1.45. The second kappa shape index (κ2) is 9.09. The van der Waals surface area contributed by atoms with Gasteiger partial charge in [-0.25, -0.2) is 14.6 Å². The third kappa shape index (κ3) is 4.83. The van der Waals surface area contributed by atoms with Gasteiger partial charge in [-0.15, -0.1) is 0 Å². The number of hydrogen-bond acceptors (Lipinski definition) is 6. The molecular formula is C23H17ClN4O5. The predicted molar refractivity (Wildman–Crippen MR) is 121 cm³/mol. The number of aromatic amines is 1. The SMILES string of the molecule is CC(OC(=O)c1ccc2nc(-c3cccnc3)[nH]c2c1)C(=O)Nc1ccc(Cl)c(C(=O)O)c1. The molecule has 33 heavy (non-hydrogen) atoms. The molecule has 0 saturated heterocycles. The van der Waals surface area contributed by atoms with E-state index in [0.29, 0.717) is 16.9 Å². The fourth-order valence-electron chi connectivity index (χ4n) is 3.07. The molecule has 2 aromatic carbocycles. The molecule has 0 radical (unpaired) electrons. The third-order valence-corrected chi connectivity index (χ3v) is 5.10. The highest BCUT2D eigenvalue weighted by atomic mass is 35.5. The number of fused-ring (bicyclic) bond motifs is 1. The fraction of sp³-hybridized carbons (Fsp3) is 0.0870. The summed E-state index contributed by atoms with van der Waals surface area (Å²) in [7, 11) is 0. The molecule has 166 valence electrons. The van der Waals surface area contributed by atoms with Gasteiger partial charge in [0.2, 0.25) is 0 Å². The molecule has 10 heteroatoms. The highest BCUT2D eigenvalue weighted by Crippen LogP contribution is 2.22. The minimum absolute atomic E-state index is 0.0425. The van der Waals surface area contributed by atoms with Crippen molar-refractivity contribution in [2.75, 3.05) is 5.32 Å². The molecule has 3 N–H and O–H groups in total. The van der Waals surface area contributed by atoms with Gasteiger partial charge in [0.15, 0.2) is 6.10 Å². The highest BCUT2D eigenvalue weighted by molar-refractivity contribution is 6.33. The van der Waals surface area contributed by atoms with Crippen LogP contribution >= 0.6 is 11.6 Å². The van der Waals surface area contributed by atoms with Gasteiger partial charge in [-0.3, -0.25) is 9.78 Å². The van der Waals surface area contributed by atoms with E-state index in [1.807, 2.05) is 6.07 Å². The van der Waals surface area contributed by atoms with Crippen LogP contribution in [-0.2, 0) is 9.53 Å². The van der Waals surface area contributed by atoms with Crippen molar-refractivity contribution in [1.29, 1.82) is 0 Å². The molecule has 0 fully saturated rings. The number of esters is 1. The Morgan fingerprint density at radius 3 is 2.70 bits per heavy atom. The summed E-state index contributed by atoms with van der Waals surface area (Å²) in [6.45, 7) is 1.41. The van der Waals surface area contributed by atoms with Crippen LogP contribution in [0.3, 0.4) is 0 Å². The van der Waals surface area contributed by atoms with Crippen LogP contribution in [0, 0.1) is 0 Å². The van der Waals surface area contributed by atoms with E-state index in [2.05, 4.69) is 20.3 Å². The van der Waals surface area contributed by atoms with Gasteiger partial charge in [-0.05, 0) is 55.5 Å². The number of anilines is 1. The number of hydrogen-bond donors (Lipinski definition) is 3. The fourth-order valence-corrected chi connectivity index (χ4v) is 3.27. The summed E-state index contributed by atoms with van der Waals surface area (Å²) in [6, 6.07) is 12.5. The van der Waals surface area contributed by atoms with Crippen LogP contribution in [0.4, 0.5) is 5.69 Å². The van der Waals surface area contributed by atoms with Gasteiger partial charge in [0, 0.05) is 23.6 Å². The van der Waals surface area contributed by atoms with E-state index in [1.54, 1.807) is 36.7 Å². The van der Waals surface area contributed by atoms with Gasteiger partial charge in [-0.2, -0.15) is 0 Å². The first-order valence-electron chi connectivity index (χ1n) is 9.76. The number of imidazole rings is 1. The Bertz CT molecular complexity index is 1370. The first-order chi connectivity index (χ1) is 15.8. The number of nitrogens with one attached hydrogen (secondary N) is 2. The summed E-state index contributed by atoms with van der Waals surface area (Å²) < 4.78 is 5.27. The molecule has 4 rings (SSSR count). The first kappa shape index (κ1) is 22.0. The van der Waals surface area contributed by atoms with Gasteiger partial charge < -0.3 is 20.1 Å². The molecule has 0 saturated carbocycles. The zero-order valence-electron chi connectivity index (χ0n) is 17.2. The molecule has 0 aliphatic carbocycles. The summed E-state index contributed by atoms with van der Waals surface area (Å²) in [5, 5.41) is 11.7. The lowest BCUT2D eigenvalue weighted by molar-refractivity contribution is -0.123. The van der Waals surface area contributed by atoms with Gasteiger partial charge in [0.25, 0.3) is 5.91 Å². The number of ether oxygens (including phenoxy) is 1. The van der Waals surface area contributed by atoms with Crippen LogP contribution in [0.2, 0.25) is 5.02 Å². The maximum Gasteiger partial charge on any atom is 0.338 e. The number of nitrogens with zero attached hydrogens (tertiary/aromatic N) is 2. The van der Waals surface area contributed by atoms with Crippen LogP contribution in [0.25, 0.3) is 22.4 Å². The number of pyridine rings is 1. The minimum Gasteiger partial charge on any atom is -0.478 e. The standard InChI is InChI=1S/C23H17ClN4O5/c1-12(21(29)26-15-5-6-17(24)16(10-15)22(30)31)33-23(32)13-4-7-18-19(9-13)28-20(27-18)14-3-2-8-25-11-14/h2-12H,1H3,(H,26,29)(H,27,28)(H,30,31). The predicted octanol–water partition coefficient (Wildman–Crippen LogP) is 4.16. The Hall–Kier alpha value is -4.24. The second-order valence-electron chi connectivity index (χ2n) is 7.10. The maximum atomic E-state index is 12.6. The van der Waals surface area contributed by atoms with Crippen molar-refractivity contribution < 1.29 is 24.2 Å². The number of aromatic carboxylic acids is 1. The van der Waals surface area contributed by atoms with Crippen molar-refractivity contribution in [2.24, 2.45) is 0 Å². The summed E-state index contributed by atoms with van der Waals surface area (Å²) in [5.74, 6) is -1.93. The van der Waals surface area contributed by atoms with Crippen LogP contribution in [0.15, 0.2) is 60.9 Å². The maximum absolute atomic E-state index is 12.6. The minimum atomic E-state index is -1.23. The van der Waals surface area contributed by atoms with Crippen LogP contribution in [-0.4, -0.2) is 44.0 Å². The van der Waals surface area contributed by atoms with E-state index >= 15 is 0 Å². The molecule has 2 heterocycles. The zero-order valence-corrected chi connectivity index (χ0v) is 18.0. The molecule has 4 aromatic rings. The zero-order chi connectivity index (χ0) is 23.5. The van der Waals surface area contributed by atoms with Gasteiger partial charge in [0.1, 0.15) is 5.82 Å². The van der Waals surface area contributed by atoms with Crippen LogP contribution in [0.1, 0.15) is 27.6 Å². The lowest BCUT2D eigenvalue weighted by atomic mass is 10.2. The molecule has 1 atom stereocenters. The van der Waals surface area contributed by atoms with Crippen LogP contribution in [0.5, 0.6) is 0 Å². The molecule has 0 aliphatic heterocycles. The number of rotatable bonds is 6. The first-order valence-corrected chi connectivity index (χ1v) is 10.1. The quantitative estimate of drug-likeness (QED) is 0.364. The topological polar surface area (TPSA) is 134 Å². The van der Waals surface area contributed by atoms with E-state index in [-0.39, 0.29) is 21.8 Å². The lowest BCUT2D eigenvalue weighted by Gasteiger charge is -2.14. The van der Waals surface area contributed by atoms with E-state index in [0.717, 1.165) is 5.56 Å². The van der Waals surface area contributed by atoms with Crippen molar-refractivity contribution in [1.82, 2.24) is 15.0 Å². The Morgan fingerprint density at radius 2 is 1.97 bits per heavy atom. The highest BCUT2D eigenvalue weighted by Gasteiger charge is 2.20. The Labute approximate surface area is 192 Å². The molecule has 2 aromatic heterocycles. The average molecular weight is 465 g/mol. The molecule has 0 aliphatic rings. The molecule has 1 unspecified atom stereocenters. The summed E-state index contributed by atoms with van der Waals surface area (Å²) in [6.07, 6.45) is 2.20. The van der Waals surface area contributed by atoms with Gasteiger partial charge in [0.05, 0.1) is 27.2 Å². The number of carboxylic acid groups (broad SMARTS) is 1. The van der Waals surface area contributed by atoms with Gasteiger partial charge in [-0.1, -0.05) is 11.6 Å². The van der Waals surface area contributed by atoms with E-state index in [4.69, 9.17) is 21.4 Å². The molecule has 0 bridgehead atoms. The van der Waals surface area contributed by atoms with Crippen molar-refractivity contribution >= 4 is 46.2 Å². The number of H-pyrrole nitrogens is 1. The summed E-state index contributed by atoms with van der Waals surface area (Å²) in [5.41, 5.74) is 2.39. The molecule has 1 amide bonds. The van der Waals surface area contributed by atoms with E-state index in [9.17, 15) is 14.4 Å². The normalized spacial score (nSPS) is 11.7. The van der Waals surface area contributed by atoms with Crippen molar-refractivity contribution in [2.45, 2.75) is 13.0 Å². The largest absolute Gasteiger partial charge is 0.478 e. The summed E-state index contributed by atoms with van der Waals surface area (Å²) in [4.78, 5) is 47.9. The number of aromatic nitrogens is 3. The number of carbonyl (C=O) groups excluding carboxylic acids is 2. The second-order valence-corrected chi connectivity index (χ2v) is 7.50. The van der Waals surface area contributed by atoms with Gasteiger partial charge >= 0.3 is 11.9 Å². The van der Waals surface area contributed by atoms with Crippen molar-refractivity contribution in [3.05, 3.63) is 77.1 Å². The molecule has 0 spiro atoms. The number of halogens is 1. The molecular weight excluding hydrogens is 448 g/mol. The summed E-state index contributed by atoms with van der Waals surface area (Å²) >= 11 is 5.83. The number of carbonyl (C=O) groups is 3. The Kier molecular flexibility index (Phi) is 6.05. The van der Waals surface area contributed by atoms with E-state index in [1.165, 1.54) is 25.1 Å². The number of carboxylic acids is 1. The lowest BCUT2D eigenvalue weighted by Crippen LogP contribution is -2.30. The monoisotopic (exact) mass is 464 g/mol. The average Bonchev–Trinajstić information content (AvgIpc) is 3.24. The van der Waals surface area contributed by atoms with Crippen LogP contribution < -0.4 is 5.32 Å². The smallest absolute Gasteiger partial charge is 0.338 e. The van der Waals surface area contributed by atoms with E-state index < -0.39 is 23.9 Å².